The van der Waals surface area contributed by atoms with Crippen LogP contribution < -0.4 is 0 Å². The minimum atomic E-state index is -0.770. The summed E-state index contributed by atoms with van der Waals surface area (Å²) in [5, 5.41) is 9.06. The van der Waals surface area contributed by atoms with Gasteiger partial charge in [-0.1, -0.05) is 15.9 Å². The molecule has 1 aromatic rings. The van der Waals surface area contributed by atoms with E-state index in [2.05, 4.69) is 31.9 Å². The predicted molar refractivity (Wildman–Crippen MR) is 82.7 cm³/mol. The summed E-state index contributed by atoms with van der Waals surface area (Å²) in [5.74, 6) is -1.17. The number of benzene rings is 1. The van der Waals surface area contributed by atoms with E-state index in [1.54, 1.807) is 11.0 Å². The van der Waals surface area contributed by atoms with Crippen LogP contribution in [0.5, 0.6) is 0 Å². The van der Waals surface area contributed by atoms with Gasteiger partial charge in [0.15, 0.2) is 0 Å². The number of piperidine rings is 1. The summed E-state index contributed by atoms with van der Waals surface area (Å²) in [4.78, 5) is 25.3. The molecule has 1 fully saturated rings. The molecule has 0 aromatic heterocycles. The van der Waals surface area contributed by atoms with E-state index in [9.17, 15) is 9.59 Å². The largest absolute Gasteiger partial charge is 0.481 e. The van der Waals surface area contributed by atoms with Crippen LogP contribution in [0.4, 0.5) is 0 Å². The quantitative estimate of drug-likeness (QED) is 0.820. The van der Waals surface area contributed by atoms with E-state index in [1.165, 1.54) is 0 Å². The Morgan fingerprint density at radius 2 is 2.05 bits per heavy atom. The molecule has 0 radical (unpaired) electrons. The van der Waals surface area contributed by atoms with Gasteiger partial charge in [-0.2, -0.15) is 0 Å². The Morgan fingerprint density at radius 1 is 1.35 bits per heavy atom. The van der Waals surface area contributed by atoms with Gasteiger partial charge in [-0.15, -0.1) is 0 Å². The average molecular weight is 405 g/mol. The first kappa shape index (κ1) is 15.5. The summed E-state index contributed by atoms with van der Waals surface area (Å²) in [5.41, 5.74) is 0.605. The summed E-state index contributed by atoms with van der Waals surface area (Å²) in [7, 11) is 0. The molecule has 2 rings (SSSR count). The predicted octanol–water partition coefficient (Wildman–Crippen LogP) is 3.54. The second-order valence-corrected chi connectivity index (χ2v) is 6.80. The van der Waals surface area contributed by atoms with E-state index in [0.29, 0.717) is 24.9 Å². The zero-order valence-electron chi connectivity index (χ0n) is 11.0. The first-order valence-electron chi connectivity index (χ1n) is 6.39. The molecule has 1 aliphatic heterocycles. The Hall–Kier alpha value is -0.880. The lowest BCUT2D eigenvalue weighted by Crippen LogP contribution is -2.46. The lowest BCUT2D eigenvalue weighted by molar-refractivity contribution is -0.143. The molecular weight excluding hydrogens is 390 g/mol. The van der Waals surface area contributed by atoms with Crippen molar-refractivity contribution in [3.05, 3.63) is 32.7 Å². The van der Waals surface area contributed by atoms with Crippen LogP contribution in [0.3, 0.4) is 0 Å². The number of carboxylic acids is 1. The second kappa shape index (κ2) is 6.26. The van der Waals surface area contributed by atoms with Crippen molar-refractivity contribution < 1.29 is 14.7 Å². The molecule has 1 aromatic carbocycles. The molecule has 0 bridgehead atoms. The molecule has 1 amide bonds. The molecule has 108 valence electrons. The number of aliphatic carboxylic acids is 1. The molecule has 1 aliphatic rings. The third kappa shape index (κ3) is 3.23. The van der Waals surface area contributed by atoms with Crippen molar-refractivity contribution in [2.45, 2.75) is 25.8 Å². The Labute approximate surface area is 134 Å². The fourth-order valence-corrected chi connectivity index (χ4v) is 3.73. The van der Waals surface area contributed by atoms with Crippen molar-refractivity contribution in [2.75, 3.05) is 6.54 Å². The molecule has 6 heteroatoms. The summed E-state index contributed by atoms with van der Waals surface area (Å²) < 4.78 is 1.64. The lowest BCUT2D eigenvalue weighted by atomic mass is 9.91. The van der Waals surface area contributed by atoms with E-state index >= 15 is 0 Å². The number of nitrogens with zero attached hydrogens (tertiary/aromatic N) is 1. The number of carboxylic acid groups (broad SMARTS) is 1. The van der Waals surface area contributed by atoms with Gasteiger partial charge in [-0.05, 0) is 53.9 Å². The Bertz CT molecular complexity index is 547. The number of hydrogen-bond donors (Lipinski definition) is 1. The minimum Gasteiger partial charge on any atom is -0.481 e. The van der Waals surface area contributed by atoms with Gasteiger partial charge in [0, 0.05) is 21.5 Å². The van der Waals surface area contributed by atoms with Gasteiger partial charge in [0.1, 0.15) is 0 Å². The number of rotatable bonds is 2. The maximum Gasteiger partial charge on any atom is 0.306 e. The van der Waals surface area contributed by atoms with Gasteiger partial charge in [-0.3, -0.25) is 9.59 Å². The van der Waals surface area contributed by atoms with Gasteiger partial charge in [0.25, 0.3) is 5.91 Å². The van der Waals surface area contributed by atoms with Gasteiger partial charge >= 0.3 is 5.97 Å². The highest BCUT2D eigenvalue weighted by atomic mass is 79.9. The minimum absolute atomic E-state index is 0.0549. The first-order chi connectivity index (χ1) is 9.40. The molecule has 2 atom stereocenters. The third-order valence-electron chi connectivity index (χ3n) is 3.65. The molecule has 1 N–H and O–H groups in total. The van der Waals surface area contributed by atoms with E-state index in [-0.39, 0.29) is 17.9 Å². The second-order valence-electron chi connectivity index (χ2n) is 5.03. The Morgan fingerprint density at radius 3 is 2.60 bits per heavy atom. The molecule has 0 aliphatic carbocycles. The lowest BCUT2D eigenvalue weighted by Gasteiger charge is -2.36. The number of amides is 1. The molecule has 1 heterocycles. The molecule has 20 heavy (non-hydrogen) atoms. The van der Waals surface area contributed by atoms with Crippen LogP contribution in [0.1, 0.15) is 30.1 Å². The number of halogens is 2. The Balaban J connectivity index is 2.16. The van der Waals surface area contributed by atoms with Crippen LogP contribution in [-0.4, -0.2) is 34.5 Å². The number of carbonyl (C=O) groups is 2. The normalized spacial score (nSPS) is 22.6. The smallest absolute Gasteiger partial charge is 0.306 e. The fraction of sp³-hybridized carbons (Fsp3) is 0.429. The molecule has 1 saturated heterocycles. The molecule has 2 unspecified atom stereocenters. The third-order valence-corrected chi connectivity index (χ3v) is 4.80. The highest BCUT2D eigenvalue weighted by Crippen LogP contribution is 2.28. The summed E-state index contributed by atoms with van der Waals surface area (Å²) in [6.07, 6.45) is 1.02. The van der Waals surface area contributed by atoms with Gasteiger partial charge in [0.2, 0.25) is 0 Å². The van der Waals surface area contributed by atoms with E-state index in [0.717, 1.165) is 8.95 Å². The summed E-state index contributed by atoms with van der Waals surface area (Å²) >= 11 is 6.75. The van der Waals surface area contributed by atoms with E-state index in [4.69, 9.17) is 5.11 Å². The van der Waals surface area contributed by atoms with Crippen LogP contribution in [0.15, 0.2) is 27.1 Å². The van der Waals surface area contributed by atoms with E-state index in [1.807, 2.05) is 19.1 Å². The van der Waals surface area contributed by atoms with Crippen LogP contribution in [0.25, 0.3) is 0 Å². The fourth-order valence-electron chi connectivity index (χ4n) is 2.52. The van der Waals surface area contributed by atoms with Crippen molar-refractivity contribution in [1.29, 1.82) is 0 Å². The van der Waals surface area contributed by atoms with Crippen molar-refractivity contribution in [1.82, 2.24) is 4.90 Å². The average Bonchev–Trinajstić information content (AvgIpc) is 2.37. The van der Waals surface area contributed by atoms with Gasteiger partial charge in [0.05, 0.1) is 11.5 Å². The number of hydrogen-bond acceptors (Lipinski definition) is 2. The maximum absolute atomic E-state index is 12.6. The van der Waals surface area contributed by atoms with Crippen LogP contribution in [0, 0.1) is 5.92 Å². The Kier molecular flexibility index (Phi) is 4.86. The van der Waals surface area contributed by atoms with Crippen molar-refractivity contribution in [3.8, 4) is 0 Å². The van der Waals surface area contributed by atoms with Crippen LogP contribution in [-0.2, 0) is 4.79 Å². The molecule has 0 spiro atoms. The SMILES string of the molecule is CC1CC(C(=O)O)CCN1C(=O)c1ccc(Br)cc1Br. The van der Waals surface area contributed by atoms with Crippen LogP contribution in [0.2, 0.25) is 0 Å². The van der Waals surface area contributed by atoms with Crippen molar-refractivity contribution in [2.24, 2.45) is 5.92 Å². The van der Waals surface area contributed by atoms with E-state index < -0.39 is 5.97 Å². The molecule has 4 nitrogen and oxygen atoms in total. The molecule has 0 saturated carbocycles. The number of carbonyl (C=O) groups excluding carboxylic acids is 1. The highest BCUT2D eigenvalue weighted by molar-refractivity contribution is 9.11. The standard InChI is InChI=1S/C14H15Br2NO3/c1-8-6-9(14(19)20)4-5-17(8)13(18)11-3-2-10(15)7-12(11)16/h2-3,7-9H,4-6H2,1H3,(H,19,20). The topological polar surface area (TPSA) is 57.6 Å². The number of likely N-dealkylation sites (tertiary alicyclic amines) is 1. The van der Waals surface area contributed by atoms with Gasteiger partial charge in [-0.25, -0.2) is 0 Å². The summed E-state index contributed by atoms with van der Waals surface area (Å²) in [6.45, 7) is 2.39. The highest BCUT2D eigenvalue weighted by Gasteiger charge is 2.33. The summed E-state index contributed by atoms with van der Waals surface area (Å²) in [6, 6.07) is 5.37. The monoisotopic (exact) mass is 403 g/mol. The zero-order valence-corrected chi connectivity index (χ0v) is 14.1. The maximum atomic E-state index is 12.6. The van der Waals surface area contributed by atoms with Crippen molar-refractivity contribution >= 4 is 43.7 Å². The van der Waals surface area contributed by atoms with Crippen LogP contribution >= 0.6 is 31.9 Å². The van der Waals surface area contributed by atoms with Crippen molar-refractivity contribution in [3.63, 3.8) is 0 Å². The zero-order chi connectivity index (χ0) is 14.9. The molecular formula is C14H15Br2NO3. The first-order valence-corrected chi connectivity index (χ1v) is 7.97. The van der Waals surface area contributed by atoms with Gasteiger partial charge < -0.3 is 10.0 Å².